The quantitative estimate of drug-likeness (QED) is 0.805. The highest BCUT2D eigenvalue weighted by Gasteiger charge is 2.43. The Bertz CT molecular complexity index is 776. The zero-order chi connectivity index (χ0) is 19.3. The van der Waals surface area contributed by atoms with E-state index in [0.29, 0.717) is 31.9 Å². The first-order chi connectivity index (χ1) is 12.9. The first-order valence-corrected chi connectivity index (χ1v) is 8.83. The summed E-state index contributed by atoms with van der Waals surface area (Å²) < 4.78 is 45.4. The van der Waals surface area contributed by atoms with Gasteiger partial charge in [-0.25, -0.2) is 0 Å². The number of nitrogens with one attached hydrogen (secondary N) is 2. The fourth-order valence-corrected chi connectivity index (χ4v) is 3.11. The molecule has 3 rings (SSSR count). The lowest BCUT2D eigenvalue weighted by atomic mass is 10.1. The van der Waals surface area contributed by atoms with Gasteiger partial charge >= 0.3 is 6.18 Å². The number of halogens is 3. The first-order valence-electron chi connectivity index (χ1n) is 8.83. The van der Waals surface area contributed by atoms with Crippen LogP contribution in [0.4, 0.5) is 13.2 Å². The summed E-state index contributed by atoms with van der Waals surface area (Å²) in [4.78, 5) is 13.3. The molecule has 1 amide bonds. The van der Waals surface area contributed by atoms with Crippen LogP contribution in [0.5, 0.6) is 5.75 Å². The van der Waals surface area contributed by atoms with Crippen molar-refractivity contribution in [3.05, 3.63) is 42.5 Å². The standard InChI is InChI=1S/C19H22F3N3O2/c20-19(21,22)17(25-9-7-23-8-10-25)12-24-18(26)13-27-16-6-5-14-3-1-2-4-15(14)11-16/h1-6,11,17,23H,7-10,12-13H2,(H,24,26). The molecule has 5 nitrogen and oxygen atoms in total. The lowest BCUT2D eigenvalue weighted by Crippen LogP contribution is -2.57. The molecule has 1 fully saturated rings. The van der Waals surface area contributed by atoms with Gasteiger partial charge in [0.05, 0.1) is 0 Å². The van der Waals surface area contributed by atoms with E-state index in [2.05, 4.69) is 10.6 Å². The van der Waals surface area contributed by atoms with Gasteiger partial charge in [0.1, 0.15) is 11.8 Å². The van der Waals surface area contributed by atoms with Gasteiger partial charge in [-0.3, -0.25) is 9.69 Å². The molecule has 1 atom stereocenters. The van der Waals surface area contributed by atoms with Gasteiger partial charge in [0, 0.05) is 32.7 Å². The van der Waals surface area contributed by atoms with Crippen LogP contribution in [-0.2, 0) is 4.79 Å². The molecule has 1 heterocycles. The maximum Gasteiger partial charge on any atom is 0.405 e. The van der Waals surface area contributed by atoms with Crippen LogP contribution in [0.3, 0.4) is 0 Å². The molecule has 0 aromatic heterocycles. The molecule has 1 aliphatic heterocycles. The number of rotatable bonds is 6. The number of amides is 1. The average molecular weight is 381 g/mol. The summed E-state index contributed by atoms with van der Waals surface area (Å²) in [5.41, 5.74) is 0. The number of ether oxygens (including phenoxy) is 1. The van der Waals surface area contributed by atoms with Crippen molar-refractivity contribution in [1.82, 2.24) is 15.5 Å². The van der Waals surface area contributed by atoms with E-state index in [1.807, 2.05) is 30.3 Å². The Labute approximate surface area is 155 Å². The van der Waals surface area contributed by atoms with Crippen LogP contribution >= 0.6 is 0 Å². The third-order valence-electron chi connectivity index (χ3n) is 4.55. The van der Waals surface area contributed by atoms with Gasteiger partial charge in [0.25, 0.3) is 5.91 Å². The number of carbonyl (C=O) groups is 1. The van der Waals surface area contributed by atoms with Crippen molar-refractivity contribution < 1.29 is 22.7 Å². The molecule has 27 heavy (non-hydrogen) atoms. The van der Waals surface area contributed by atoms with Crippen molar-refractivity contribution >= 4 is 16.7 Å². The highest BCUT2D eigenvalue weighted by molar-refractivity contribution is 5.84. The zero-order valence-electron chi connectivity index (χ0n) is 14.8. The molecule has 0 bridgehead atoms. The van der Waals surface area contributed by atoms with Crippen molar-refractivity contribution in [2.75, 3.05) is 39.3 Å². The molecule has 1 aliphatic rings. The van der Waals surface area contributed by atoms with Gasteiger partial charge in [-0.1, -0.05) is 30.3 Å². The predicted octanol–water partition coefficient (Wildman–Crippen LogP) is 2.17. The second-order valence-electron chi connectivity index (χ2n) is 6.45. The summed E-state index contributed by atoms with van der Waals surface area (Å²) in [5.74, 6) is -0.0779. The van der Waals surface area contributed by atoms with Crippen LogP contribution < -0.4 is 15.4 Å². The minimum Gasteiger partial charge on any atom is -0.484 e. The maximum absolute atomic E-state index is 13.3. The van der Waals surface area contributed by atoms with Gasteiger partial charge in [-0.2, -0.15) is 13.2 Å². The summed E-state index contributed by atoms with van der Waals surface area (Å²) in [6.07, 6.45) is -4.40. The van der Waals surface area contributed by atoms with Crippen molar-refractivity contribution in [2.24, 2.45) is 0 Å². The minimum absolute atomic E-state index is 0.299. The molecule has 0 radical (unpaired) electrons. The first kappa shape index (κ1) is 19.4. The van der Waals surface area contributed by atoms with Gasteiger partial charge in [-0.05, 0) is 22.9 Å². The van der Waals surface area contributed by atoms with Crippen molar-refractivity contribution in [3.8, 4) is 5.75 Å². The molecule has 146 valence electrons. The lowest BCUT2D eigenvalue weighted by molar-refractivity contribution is -0.184. The van der Waals surface area contributed by atoms with Crippen molar-refractivity contribution in [2.45, 2.75) is 12.2 Å². The molecule has 1 unspecified atom stereocenters. The highest BCUT2D eigenvalue weighted by Crippen LogP contribution is 2.25. The summed E-state index contributed by atoms with van der Waals surface area (Å²) in [5, 5.41) is 7.37. The van der Waals surface area contributed by atoms with Gasteiger partial charge in [0.2, 0.25) is 0 Å². The van der Waals surface area contributed by atoms with E-state index in [4.69, 9.17) is 4.74 Å². The highest BCUT2D eigenvalue weighted by atomic mass is 19.4. The van der Waals surface area contributed by atoms with E-state index in [1.54, 1.807) is 12.1 Å². The molecule has 8 heteroatoms. The van der Waals surface area contributed by atoms with Crippen LogP contribution in [0.15, 0.2) is 42.5 Å². The van der Waals surface area contributed by atoms with Crippen LogP contribution in [0, 0.1) is 0 Å². The van der Waals surface area contributed by atoms with E-state index < -0.39 is 24.7 Å². The topological polar surface area (TPSA) is 53.6 Å². The lowest BCUT2D eigenvalue weighted by Gasteiger charge is -2.35. The van der Waals surface area contributed by atoms with Crippen molar-refractivity contribution in [1.29, 1.82) is 0 Å². The Balaban J connectivity index is 1.52. The zero-order valence-corrected chi connectivity index (χ0v) is 14.8. The van der Waals surface area contributed by atoms with Gasteiger partial charge in [0.15, 0.2) is 6.61 Å². The number of piperazine rings is 1. The molecule has 2 N–H and O–H groups in total. The number of hydrogen-bond acceptors (Lipinski definition) is 4. The molecule has 0 saturated carbocycles. The molecule has 0 spiro atoms. The van der Waals surface area contributed by atoms with E-state index >= 15 is 0 Å². The number of carbonyl (C=O) groups excluding carboxylic acids is 1. The van der Waals surface area contributed by atoms with Crippen LogP contribution in [0.2, 0.25) is 0 Å². The largest absolute Gasteiger partial charge is 0.484 e. The van der Waals surface area contributed by atoms with Crippen LogP contribution in [0.25, 0.3) is 10.8 Å². The Kier molecular flexibility index (Phi) is 6.18. The predicted molar refractivity (Wildman–Crippen MR) is 96.7 cm³/mol. The van der Waals surface area contributed by atoms with Crippen LogP contribution in [-0.4, -0.2) is 62.4 Å². The SMILES string of the molecule is O=C(COc1ccc2ccccc2c1)NCC(N1CCNCC1)C(F)(F)F. The molecule has 2 aromatic carbocycles. The monoisotopic (exact) mass is 381 g/mol. The smallest absolute Gasteiger partial charge is 0.405 e. The van der Waals surface area contributed by atoms with Gasteiger partial charge in [-0.15, -0.1) is 0 Å². The fourth-order valence-electron chi connectivity index (χ4n) is 3.11. The summed E-state index contributed by atoms with van der Waals surface area (Å²) in [6.45, 7) is 0.798. The van der Waals surface area contributed by atoms with Crippen LogP contribution in [0.1, 0.15) is 0 Å². The summed E-state index contributed by atoms with van der Waals surface area (Å²) in [7, 11) is 0. The number of hydrogen-bond donors (Lipinski definition) is 2. The number of alkyl halides is 3. The molecular formula is C19H22F3N3O2. The van der Waals surface area contributed by atoms with E-state index in [-0.39, 0.29) is 6.61 Å². The summed E-state index contributed by atoms with van der Waals surface area (Å²) in [6, 6.07) is 11.4. The Morgan fingerprint density at radius 3 is 2.56 bits per heavy atom. The van der Waals surface area contributed by atoms with E-state index in [1.165, 1.54) is 4.90 Å². The second-order valence-corrected chi connectivity index (χ2v) is 6.45. The number of nitrogens with zero attached hydrogens (tertiary/aromatic N) is 1. The average Bonchev–Trinajstić information content (AvgIpc) is 2.66. The molecule has 2 aromatic rings. The molecular weight excluding hydrogens is 359 g/mol. The minimum atomic E-state index is -4.40. The van der Waals surface area contributed by atoms with Crippen molar-refractivity contribution in [3.63, 3.8) is 0 Å². The fraction of sp³-hybridized carbons (Fsp3) is 0.421. The number of benzene rings is 2. The maximum atomic E-state index is 13.3. The Morgan fingerprint density at radius 2 is 1.85 bits per heavy atom. The second kappa shape index (κ2) is 8.58. The van der Waals surface area contributed by atoms with Gasteiger partial charge < -0.3 is 15.4 Å². The third-order valence-corrected chi connectivity index (χ3v) is 4.55. The Hall–Kier alpha value is -2.32. The normalized spacial score (nSPS) is 16.9. The summed E-state index contributed by atoms with van der Waals surface area (Å²) >= 11 is 0. The van der Waals surface area contributed by atoms with E-state index in [9.17, 15) is 18.0 Å². The molecule has 0 aliphatic carbocycles. The third kappa shape index (κ3) is 5.33. The number of fused-ring (bicyclic) bond motifs is 1. The Morgan fingerprint density at radius 1 is 1.15 bits per heavy atom. The molecule has 1 saturated heterocycles. The van der Waals surface area contributed by atoms with E-state index in [0.717, 1.165) is 10.8 Å².